The van der Waals surface area contributed by atoms with Crippen LogP contribution in [0.15, 0.2) is 72.5 Å². The predicted molar refractivity (Wildman–Crippen MR) is 114 cm³/mol. The van der Waals surface area contributed by atoms with E-state index in [1.54, 1.807) is 19.3 Å². The Kier molecular flexibility index (Phi) is 4.73. The van der Waals surface area contributed by atoms with Gasteiger partial charge in [0.15, 0.2) is 5.76 Å². The fourth-order valence-electron chi connectivity index (χ4n) is 3.80. The zero-order valence-electron chi connectivity index (χ0n) is 16.6. The second-order valence-corrected chi connectivity index (χ2v) is 7.38. The van der Waals surface area contributed by atoms with E-state index in [0.29, 0.717) is 30.3 Å². The first kappa shape index (κ1) is 18.5. The number of fused-ring (bicyclic) bond motifs is 3. The summed E-state index contributed by atoms with van der Waals surface area (Å²) in [7, 11) is 1.63. The number of nitrogens with zero attached hydrogens (tertiary/aromatic N) is 1. The number of ether oxygens (including phenoxy) is 3. The molecule has 2 aliphatic heterocycles. The quantitative estimate of drug-likeness (QED) is 0.597. The molecule has 2 aliphatic rings. The summed E-state index contributed by atoms with van der Waals surface area (Å²) in [5.74, 6) is 2.36. The summed E-state index contributed by atoms with van der Waals surface area (Å²) >= 11 is 0. The minimum atomic E-state index is -0.108. The summed E-state index contributed by atoms with van der Waals surface area (Å²) < 4.78 is 17.2. The van der Waals surface area contributed by atoms with Crippen molar-refractivity contribution in [2.75, 3.05) is 13.8 Å². The molecule has 3 aromatic carbocycles. The predicted octanol–water partition coefficient (Wildman–Crippen LogP) is 4.66. The minimum absolute atomic E-state index is 0.108. The van der Waals surface area contributed by atoms with Gasteiger partial charge in [-0.3, -0.25) is 9.69 Å². The van der Waals surface area contributed by atoms with Gasteiger partial charge in [-0.05, 0) is 41.5 Å². The third-order valence-corrected chi connectivity index (χ3v) is 5.34. The molecule has 0 aliphatic carbocycles. The van der Waals surface area contributed by atoms with Crippen molar-refractivity contribution in [2.45, 2.75) is 13.1 Å². The Bertz CT molecular complexity index is 1120. The Balaban J connectivity index is 1.41. The molecule has 0 aromatic heterocycles. The number of carbonyl (C=O) groups is 1. The zero-order valence-corrected chi connectivity index (χ0v) is 16.6. The summed E-state index contributed by atoms with van der Waals surface area (Å²) in [4.78, 5) is 15.1. The molecule has 30 heavy (non-hydrogen) atoms. The van der Waals surface area contributed by atoms with Crippen LogP contribution in [-0.2, 0) is 13.1 Å². The average Bonchev–Trinajstić information content (AvgIpc) is 3.11. The van der Waals surface area contributed by atoms with Gasteiger partial charge < -0.3 is 14.2 Å². The smallest absolute Gasteiger partial charge is 0.231 e. The van der Waals surface area contributed by atoms with E-state index in [0.717, 1.165) is 29.2 Å². The fraction of sp³-hybridized carbons (Fsp3) is 0.160. The molecular weight excluding hydrogens is 378 g/mol. The lowest BCUT2D eigenvalue weighted by atomic mass is 10.0. The van der Waals surface area contributed by atoms with Gasteiger partial charge in [0.1, 0.15) is 24.0 Å². The molecule has 0 amide bonds. The second kappa shape index (κ2) is 7.69. The lowest BCUT2D eigenvalue weighted by molar-refractivity contribution is 0.0873. The lowest BCUT2D eigenvalue weighted by Gasteiger charge is -2.29. The monoisotopic (exact) mass is 399 g/mol. The van der Waals surface area contributed by atoms with Crippen LogP contribution in [0.1, 0.15) is 27.0 Å². The molecule has 5 rings (SSSR count). The SMILES string of the molecule is COc1ccc(/C=C2\Oc3c(ccc4c3CN(Cc3ccccc3)CO4)C2=O)cc1. The molecular formula is C25H21NO4. The van der Waals surface area contributed by atoms with Crippen molar-refractivity contribution >= 4 is 11.9 Å². The standard InChI is InChI=1S/C25H21NO4/c1-28-19-9-7-17(8-10-19)13-23-24(27)20-11-12-22-21(25(20)30-23)15-26(16-29-22)14-18-5-3-2-4-6-18/h2-13H,14-16H2,1H3/b23-13-. The van der Waals surface area contributed by atoms with Crippen LogP contribution < -0.4 is 14.2 Å². The Morgan fingerprint density at radius 2 is 1.83 bits per heavy atom. The molecule has 0 saturated carbocycles. The number of methoxy groups -OCH3 is 1. The number of hydrogen-bond acceptors (Lipinski definition) is 5. The molecule has 0 bridgehead atoms. The molecule has 2 heterocycles. The highest BCUT2D eigenvalue weighted by Gasteiger charge is 2.33. The Labute approximate surface area is 175 Å². The van der Waals surface area contributed by atoms with Crippen LogP contribution in [0.3, 0.4) is 0 Å². The highest BCUT2D eigenvalue weighted by atomic mass is 16.5. The maximum Gasteiger partial charge on any atom is 0.231 e. The minimum Gasteiger partial charge on any atom is -0.497 e. The first-order chi connectivity index (χ1) is 14.7. The number of ketones is 1. The molecule has 0 N–H and O–H groups in total. The van der Waals surface area contributed by atoms with E-state index in [9.17, 15) is 4.79 Å². The number of benzene rings is 3. The zero-order chi connectivity index (χ0) is 20.5. The summed E-state index contributed by atoms with van der Waals surface area (Å²) in [6.45, 7) is 1.94. The molecule has 5 nitrogen and oxygen atoms in total. The van der Waals surface area contributed by atoms with Crippen LogP contribution >= 0.6 is 0 Å². The van der Waals surface area contributed by atoms with Crippen LogP contribution in [0, 0.1) is 0 Å². The number of Topliss-reactive ketones (excluding diaryl/α,β-unsaturated/α-hetero) is 1. The maximum absolute atomic E-state index is 12.9. The molecule has 0 unspecified atom stereocenters. The molecule has 0 radical (unpaired) electrons. The van der Waals surface area contributed by atoms with E-state index in [1.165, 1.54) is 5.56 Å². The Hall–Kier alpha value is -3.57. The molecule has 0 atom stereocenters. The van der Waals surface area contributed by atoms with Gasteiger partial charge >= 0.3 is 0 Å². The van der Waals surface area contributed by atoms with Gasteiger partial charge in [0, 0.05) is 13.1 Å². The van der Waals surface area contributed by atoms with Crippen molar-refractivity contribution in [2.24, 2.45) is 0 Å². The van der Waals surface area contributed by atoms with Crippen molar-refractivity contribution in [1.29, 1.82) is 0 Å². The first-order valence-corrected chi connectivity index (χ1v) is 9.84. The summed E-state index contributed by atoms with van der Waals surface area (Å²) in [6, 6.07) is 21.4. The highest BCUT2D eigenvalue weighted by Crippen LogP contribution is 2.42. The van der Waals surface area contributed by atoms with Crippen LogP contribution in [0.25, 0.3) is 6.08 Å². The van der Waals surface area contributed by atoms with Gasteiger partial charge in [0.25, 0.3) is 0 Å². The highest BCUT2D eigenvalue weighted by molar-refractivity contribution is 6.15. The number of hydrogen-bond donors (Lipinski definition) is 0. The van der Waals surface area contributed by atoms with E-state index in [1.807, 2.05) is 48.5 Å². The molecule has 150 valence electrons. The lowest BCUT2D eigenvalue weighted by Crippen LogP contribution is -2.31. The second-order valence-electron chi connectivity index (χ2n) is 7.38. The normalized spacial score (nSPS) is 16.6. The van der Waals surface area contributed by atoms with Gasteiger partial charge in [-0.15, -0.1) is 0 Å². The van der Waals surface area contributed by atoms with Gasteiger partial charge in [-0.25, -0.2) is 0 Å². The van der Waals surface area contributed by atoms with E-state index >= 15 is 0 Å². The average molecular weight is 399 g/mol. The van der Waals surface area contributed by atoms with E-state index in [-0.39, 0.29) is 5.78 Å². The summed E-state index contributed by atoms with van der Waals surface area (Å²) in [6.07, 6.45) is 1.76. The van der Waals surface area contributed by atoms with Crippen LogP contribution in [-0.4, -0.2) is 24.5 Å². The molecule has 0 fully saturated rings. The van der Waals surface area contributed by atoms with Crippen molar-refractivity contribution in [3.8, 4) is 17.2 Å². The van der Waals surface area contributed by atoms with Crippen LogP contribution in [0.5, 0.6) is 17.2 Å². The fourth-order valence-corrected chi connectivity index (χ4v) is 3.80. The van der Waals surface area contributed by atoms with Gasteiger partial charge in [0.05, 0.1) is 18.2 Å². The molecule has 5 heteroatoms. The Morgan fingerprint density at radius 1 is 1.03 bits per heavy atom. The molecule has 0 spiro atoms. The van der Waals surface area contributed by atoms with Crippen molar-refractivity contribution in [3.63, 3.8) is 0 Å². The van der Waals surface area contributed by atoms with Crippen molar-refractivity contribution < 1.29 is 19.0 Å². The third kappa shape index (κ3) is 3.44. The van der Waals surface area contributed by atoms with Crippen LogP contribution in [0.2, 0.25) is 0 Å². The first-order valence-electron chi connectivity index (χ1n) is 9.84. The number of allylic oxidation sites excluding steroid dienone is 1. The Morgan fingerprint density at radius 3 is 2.60 bits per heavy atom. The number of carbonyl (C=O) groups excluding carboxylic acids is 1. The summed E-state index contributed by atoms with van der Waals surface area (Å²) in [5, 5.41) is 0. The maximum atomic E-state index is 12.9. The van der Waals surface area contributed by atoms with E-state index < -0.39 is 0 Å². The van der Waals surface area contributed by atoms with Gasteiger partial charge in [-0.1, -0.05) is 42.5 Å². The van der Waals surface area contributed by atoms with Crippen LogP contribution in [0.4, 0.5) is 0 Å². The topological polar surface area (TPSA) is 48.0 Å². The molecule has 0 saturated heterocycles. The van der Waals surface area contributed by atoms with Crippen molar-refractivity contribution in [1.82, 2.24) is 4.90 Å². The third-order valence-electron chi connectivity index (χ3n) is 5.34. The van der Waals surface area contributed by atoms with E-state index in [4.69, 9.17) is 14.2 Å². The van der Waals surface area contributed by atoms with E-state index in [2.05, 4.69) is 17.0 Å². The van der Waals surface area contributed by atoms with Crippen molar-refractivity contribution in [3.05, 3.63) is 94.7 Å². The number of rotatable bonds is 4. The van der Waals surface area contributed by atoms with Gasteiger partial charge in [-0.2, -0.15) is 0 Å². The largest absolute Gasteiger partial charge is 0.497 e. The van der Waals surface area contributed by atoms with Gasteiger partial charge in [0.2, 0.25) is 5.78 Å². The molecule has 3 aromatic rings. The summed E-state index contributed by atoms with van der Waals surface area (Å²) in [5.41, 5.74) is 3.59.